The number of aryl methyl sites for hydroxylation is 1. The van der Waals surface area contributed by atoms with Crippen molar-refractivity contribution in [1.29, 1.82) is 0 Å². The molecule has 1 aromatic carbocycles. The normalized spacial score (nSPS) is 16.2. The summed E-state index contributed by atoms with van der Waals surface area (Å²) in [4.78, 5) is 0. The molecule has 0 atom stereocenters. The summed E-state index contributed by atoms with van der Waals surface area (Å²) in [6.07, 6.45) is 4.39. The number of benzene rings is 1. The lowest BCUT2D eigenvalue weighted by Crippen LogP contribution is -1.96. The van der Waals surface area contributed by atoms with Gasteiger partial charge < -0.3 is 0 Å². The van der Waals surface area contributed by atoms with Gasteiger partial charge in [-0.15, -0.1) is 0 Å². The van der Waals surface area contributed by atoms with E-state index in [2.05, 4.69) is 32.6 Å². The molecule has 0 amide bonds. The number of hydrogen-bond donors (Lipinski definition) is 0. The molecule has 15 heavy (non-hydrogen) atoms. The van der Waals surface area contributed by atoms with Gasteiger partial charge in [0.1, 0.15) is 0 Å². The van der Waals surface area contributed by atoms with Gasteiger partial charge in [0.25, 0.3) is 0 Å². The first-order valence-electron chi connectivity index (χ1n) is 5.00. The van der Waals surface area contributed by atoms with E-state index >= 15 is 0 Å². The molecule has 1 heterocycles. The fraction of sp³-hybridized carbons (Fsp3) is 0.364. The first-order valence-corrected chi connectivity index (χ1v) is 6.17. The average Bonchev–Trinajstić information content (AvgIpc) is 2.94. The van der Waals surface area contributed by atoms with Gasteiger partial charge in [-0.05, 0) is 47.3 Å². The van der Waals surface area contributed by atoms with Crippen LogP contribution in [0.1, 0.15) is 24.4 Å². The molecule has 0 N–H and O–H groups in total. The zero-order valence-electron chi connectivity index (χ0n) is 8.30. The van der Waals surface area contributed by atoms with E-state index in [0.717, 1.165) is 14.9 Å². The standard InChI is InChI=1S/C11H10BrClN2/c1-6-4-9(13)10(12)8-5-14-15(11(6)8)7-2-3-7/h4-5,7H,2-3H2,1H3. The van der Waals surface area contributed by atoms with E-state index in [4.69, 9.17) is 11.6 Å². The Labute approximate surface area is 101 Å². The van der Waals surface area contributed by atoms with Crippen molar-refractivity contribution >= 4 is 38.4 Å². The Morgan fingerprint density at radius 2 is 2.27 bits per heavy atom. The number of nitrogens with zero attached hydrogens (tertiary/aromatic N) is 2. The largest absolute Gasteiger partial charge is 0.262 e. The lowest BCUT2D eigenvalue weighted by molar-refractivity contribution is 0.664. The van der Waals surface area contributed by atoms with E-state index in [1.807, 2.05) is 12.3 Å². The summed E-state index contributed by atoms with van der Waals surface area (Å²) in [6, 6.07) is 2.60. The predicted octanol–water partition coefficient (Wildman–Crippen LogP) is 4.10. The number of hydrogen-bond acceptors (Lipinski definition) is 1. The Morgan fingerprint density at radius 3 is 2.93 bits per heavy atom. The van der Waals surface area contributed by atoms with Crippen LogP contribution in [0.4, 0.5) is 0 Å². The minimum absolute atomic E-state index is 0.606. The molecule has 2 aromatic rings. The van der Waals surface area contributed by atoms with Gasteiger partial charge in [-0.1, -0.05) is 11.6 Å². The summed E-state index contributed by atoms with van der Waals surface area (Å²) in [7, 11) is 0. The van der Waals surface area contributed by atoms with Gasteiger partial charge in [-0.3, -0.25) is 4.68 Å². The highest BCUT2D eigenvalue weighted by Gasteiger charge is 2.27. The molecule has 1 saturated carbocycles. The SMILES string of the molecule is Cc1cc(Cl)c(Br)c2cnn(C3CC3)c12. The third kappa shape index (κ3) is 1.41. The highest BCUT2D eigenvalue weighted by molar-refractivity contribution is 9.10. The highest BCUT2D eigenvalue weighted by Crippen LogP contribution is 2.40. The van der Waals surface area contributed by atoms with Crippen molar-refractivity contribution in [1.82, 2.24) is 9.78 Å². The first-order chi connectivity index (χ1) is 7.18. The molecule has 1 aliphatic carbocycles. The average molecular weight is 286 g/mol. The monoisotopic (exact) mass is 284 g/mol. The van der Waals surface area contributed by atoms with E-state index < -0.39 is 0 Å². The molecule has 1 fully saturated rings. The van der Waals surface area contributed by atoms with Crippen LogP contribution in [0.3, 0.4) is 0 Å². The Morgan fingerprint density at radius 1 is 1.53 bits per heavy atom. The van der Waals surface area contributed by atoms with Crippen LogP contribution in [0.25, 0.3) is 10.9 Å². The second-order valence-corrected chi connectivity index (χ2v) is 5.27. The van der Waals surface area contributed by atoms with E-state index in [9.17, 15) is 0 Å². The van der Waals surface area contributed by atoms with Crippen LogP contribution in [0.15, 0.2) is 16.7 Å². The Balaban J connectivity index is 2.38. The van der Waals surface area contributed by atoms with Crippen molar-refractivity contribution in [2.45, 2.75) is 25.8 Å². The summed E-state index contributed by atoms with van der Waals surface area (Å²) in [5, 5.41) is 6.33. The Kier molecular flexibility index (Phi) is 2.08. The van der Waals surface area contributed by atoms with Gasteiger partial charge in [-0.2, -0.15) is 5.10 Å². The minimum atomic E-state index is 0.606. The number of rotatable bonds is 1. The second kappa shape index (κ2) is 3.22. The maximum atomic E-state index is 6.11. The van der Waals surface area contributed by atoms with Crippen molar-refractivity contribution in [3.8, 4) is 0 Å². The summed E-state index contributed by atoms with van der Waals surface area (Å²) < 4.78 is 3.09. The summed E-state index contributed by atoms with van der Waals surface area (Å²) >= 11 is 9.63. The molecule has 0 aliphatic heterocycles. The minimum Gasteiger partial charge on any atom is -0.262 e. The van der Waals surface area contributed by atoms with E-state index in [1.165, 1.54) is 23.9 Å². The molecule has 3 rings (SSSR count). The van der Waals surface area contributed by atoms with E-state index in [-0.39, 0.29) is 0 Å². The van der Waals surface area contributed by atoms with Crippen molar-refractivity contribution in [3.63, 3.8) is 0 Å². The summed E-state index contributed by atoms with van der Waals surface area (Å²) in [5.74, 6) is 0. The van der Waals surface area contributed by atoms with Crippen LogP contribution in [-0.2, 0) is 0 Å². The molecule has 1 aliphatic rings. The second-order valence-electron chi connectivity index (χ2n) is 4.07. The van der Waals surface area contributed by atoms with Crippen LogP contribution >= 0.6 is 27.5 Å². The highest BCUT2D eigenvalue weighted by atomic mass is 79.9. The molecule has 0 unspecified atom stereocenters. The molecule has 0 spiro atoms. The molecular weight excluding hydrogens is 275 g/mol. The summed E-state index contributed by atoms with van der Waals surface area (Å²) in [6.45, 7) is 2.08. The van der Waals surface area contributed by atoms with Gasteiger partial charge >= 0.3 is 0 Å². The lowest BCUT2D eigenvalue weighted by Gasteiger charge is -2.05. The lowest BCUT2D eigenvalue weighted by atomic mass is 10.1. The van der Waals surface area contributed by atoms with Gasteiger partial charge in [0.15, 0.2) is 0 Å². The zero-order chi connectivity index (χ0) is 10.6. The number of fused-ring (bicyclic) bond motifs is 1. The van der Waals surface area contributed by atoms with Crippen LogP contribution in [0.5, 0.6) is 0 Å². The van der Waals surface area contributed by atoms with E-state index in [0.29, 0.717) is 6.04 Å². The number of aromatic nitrogens is 2. The summed E-state index contributed by atoms with van der Waals surface area (Å²) in [5.41, 5.74) is 2.41. The maximum absolute atomic E-state index is 6.11. The van der Waals surface area contributed by atoms with Gasteiger partial charge in [0.05, 0.1) is 22.8 Å². The van der Waals surface area contributed by atoms with Crippen LogP contribution in [0, 0.1) is 6.92 Å². The van der Waals surface area contributed by atoms with Crippen LogP contribution in [-0.4, -0.2) is 9.78 Å². The molecule has 78 valence electrons. The number of halogens is 2. The molecule has 4 heteroatoms. The van der Waals surface area contributed by atoms with Crippen LogP contribution < -0.4 is 0 Å². The predicted molar refractivity (Wildman–Crippen MR) is 65.5 cm³/mol. The van der Waals surface area contributed by atoms with Crippen molar-refractivity contribution in [2.24, 2.45) is 0 Å². The zero-order valence-corrected chi connectivity index (χ0v) is 10.6. The molecule has 1 aromatic heterocycles. The fourth-order valence-electron chi connectivity index (χ4n) is 1.96. The molecular formula is C11H10BrClN2. The smallest absolute Gasteiger partial charge is 0.0727 e. The quantitative estimate of drug-likeness (QED) is 0.771. The van der Waals surface area contributed by atoms with Crippen molar-refractivity contribution < 1.29 is 0 Å². The maximum Gasteiger partial charge on any atom is 0.0727 e. The van der Waals surface area contributed by atoms with E-state index in [1.54, 1.807) is 0 Å². The first kappa shape index (κ1) is 9.67. The third-order valence-corrected chi connectivity index (χ3v) is 4.23. The van der Waals surface area contributed by atoms with Crippen molar-refractivity contribution in [2.75, 3.05) is 0 Å². The Bertz CT molecular complexity index is 543. The molecule has 0 saturated heterocycles. The van der Waals surface area contributed by atoms with Gasteiger partial charge in [0.2, 0.25) is 0 Å². The topological polar surface area (TPSA) is 17.8 Å². The molecule has 2 nitrogen and oxygen atoms in total. The van der Waals surface area contributed by atoms with Crippen LogP contribution in [0.2, 0.25) is 5.02 Å². The molecule has 0 bridgehead atoms. The Hall–Kier alpha value is -0.540. The fourth-order valence-corrected chi connectivity index (χ4v) is 2.63. The third-order valence-electron chi connectivity index (χ3n) is 2.85. The molecule has 0 radical (unpaired) electrons. The van der Waals surface area contributed by atoms with Gasteiger partial charge in [-0.25, -0.2) is 0 Å². The van der Waals surface area contributed by atoms with Crippen molar-refractivity contribution in [3.05, 3.63) is 27.3 Å². The van der Waals surface area contributed by atoms with Gasteiger partial charge in [0, 0.05) is 9.86 Å².